The third-order valence-electron chi connectivity index (χ3n) is 6.08. The molecule has 1 aliphatic heterocycles. The quantitative estimate of drug-likeness (QED) is 0.522. The Morgan fingerprint density at radius 3 is 3.03 bits per heavy atom. The Labute approximate surface area is 195 Å². The number of amides is 1. The molecule has 0 bridgehead atoms. The Hall–Kier alpha value is -2.52. The van der Waals surface area contributed by atoms with E-state index >= 15 is 0 Å². The zero-order chi connectivity index (χ0) is 22.1. The number of rotatable bonds is 7. The van der Waals surface area contributed by atoms with Crippen LogP contribution in [0.3, 0.4) is 0 Å². The van der Waals surface area contributed by atoms with E-state index in [1.165, 1.54) is 52.8 Å². The molecule has 0 radical (unpaired) electrons. The maximum absolute atomic E-state index is 12.4. The molecule has 1 atom stereocenters. The Kier molecular flexibility index (Phi) is 6.10. The number of thiophene rings is 1. The second-order valence-corrected chi connectivity index (χ2v) is 10.3. The van der Waals surface area contributed by atoms with Crippen LogP contribution in [0, 0.1) is 5.92 Å². The number of carbonyl (C=O) groups is 1. The summed E-state index contributed by atoms with van der Waals surface area (Å²) >= 11 is 3.24. The van der Waals surface area contributed by atoms with Crippen LogP contribution in [0.15, 0.2) is 29.4 Å². The zero-order valence-corrected chi connectivity index (χ0v) is 19.9. The van der Waals surface area contributed by atoms with Gasteiger partial charge in [0.05, 0.1) is 10.6 Å². The number of nitrogens with zero attached hydrogens (tertiary/aromatic N) is 3. The van der Waals surface area contributed by atoms with Crippen molar-refractivity contribution in [3.05, 3.63) is 40.3 Å². The van der Waals surface area contributed by atoms with Crippen LogP contribution in [0.5, 0.6) is 11.5 Å². The first-order chi connectivity index (χ1) is 15.6. The number of benzene rings is 1. The first-order valence-electron chi connectivity index (χ1n) is 10.9. The first-order valence-corrected chi connectivity index (χ1v) is 12.7. The molecule has 1 amide bonds. The van der Waals surface area contributed by atoms with Crippen LogP contribution in [-0.4, -0.2) is 33.2 Å². The fraction of sp³-hybridized carbons (Fsp3) is 0.435. The molecule has 0 unspecified atom stereocenters. The summed E-state index contributed by atoms with van der Waals surface area (Å²) in [4.78, 5) is 15.0. The van der Waals surface area contributed by atoms with Gasteiger partial charge in [-0.15, -0.1) is 21.5 Å². The second-order valence-electron chi connectivity index (χ2n) is 8.19. The van der Waals surface area contributed by atoms with Crippen molar-refractivity contribution in [2.24, 2.45) is 13.0 Å². The van der Waals surface area contributed by atoms with E-state index < -0.39 is 0 Å². The smallest absolute Gasteiger partial charge is 0.231 e. The molecule has 0 saturated heterocycles. The van der Waals surface area contributed by atoms with E-state index in [2.05, 4.69) is 28.5 Å². The lowest BCUT2D eigenvalue weighted by molar-refractivity contribution is -0.118. The van der Waals surface area contributed by atoms with Crippen molar-refractivity contribution < 1.29 is 14.3 Å². The molecule has 168 valence electrons. The minimum atomic E-state index is -0.0468. The highest BCUT2D eigenvalue weighted by Crippen LogP contribution is 2.38. The molecule has 1 N–H and O–H groups in total. The number of fused-ring (bicyclic) bond motifs is 2. The number of thioether (sulfide) groups is 1. The monoisotopic (exact) mass is 470 g/mol. The Morgan fingerprint density at radius 1 is 1.28 bits per heavy atom. The van der Waals surface area contributed by atoms with Gasteiger partial charge >= 0.3 is 0 Å². The molecular formula is C23H26N4O3S2. The minimum absolute atomic E-state index is 0.0468. The molecule has 0 saturated carbocycles. The van der Waals surface area contributed by atoms with E-state index in [1.54, 1.807) is 0 Å². The van der Waals surface area contributed by atoms with Gasteiger partial charge < -0.3 is 19.4 Å². The maximum atomic E-state index is 12.4. The van der Waals surface area contributed by atoms with Gasteiger partial charge in [0.1, 0.15) is 0 Å². The average molecular weight is 471 g/mol. The molecule has 1 aliphatic carbocycles. The van der Waals surface area contributed by atoms with Gasteiger partial charge in [-0.2, -0.15) is 0 Å². The summed E-state index contributed by atoms with van der Waals surface area (Å²) in [5, 5.41) is 12.4. The van der Waals surface area contributed by atoms with Gasteiger partial charge in [-0.05, 0) is 54.5 Å². The first kappa shape index (κ1) is 21.3. The topological polar surface area (TPSA) is 78.3 Å². The van der Waals surface area contributed by atoms with E-state index in [-0.39, 0.29) is 18.5 Å². The van der Waals surface area contributed by atoms with E-state index in [4.69, 9.17) is 9.47 Å². The lowest BCUT2D eigenvalue weighted by atomic mass is 9.87. The van der Waals surface area contributed by atoms with Crippen molar-refractivity contribution in [2.75, 3.05) is 12.5 Å². The number of nitrogens with one attached hydrogen (secondary N) is 1. The van der Waals surface area contributed by atoms with Crippen molar-refractivity contribution in [3.63, 3.8) is 0 Å². The normalized spacial score (nSPS) is 16.8. The fourth-order valence-electron chi connectivity index (χ4n) is 4.15. The lowest BCUT2D eigenvalue weighted by Gasteiger charge is -2.19. The van der Waals surface area contributed by atoms with Crippen molar-refractivity contribution in [1.82, 2.24) is 20.1 Å². The maximum Gasteiger partial charge on any atom is 0.231 e. The standard InChI is InChI=1S/C23H26N4O3S2/c1-3-14-5-7-19-16(8-14)10-20(32-19)22-25-26-23(27(22)2)31-12-21(28)24-11-15-4-6-17-18(9-15)30-13-29-17/h4,6,9-10,14H,3,5,7-8,11-13H2,1-2H3,(H,24,28)/t14-/m0/s1. The summed E-state index contributed by atoms with van der Waals surface area (Å²) in [5.74, 6) is 3.38. The Balaban J connectivity index is 1.17. The van der Waals surface area contributed by atoms with E-state index in [1.807, 2.05) is 41.2 Å². The van der Waals surface area contributed by atoms with Crippen LogP contribution in [0.4, 0.5) is 0 Å². The van der Waals surface area contributed by atoms with Crippen LogP contribution in [0.25, 0.3) is 10.7 Å². The van der Waals surface area contributed by atoms with Crippen molar-refractivity contribution in [3.8, 4) is 22.2 Å². The number of aromatic nitrogens is 3. The summed E-state index contributed by atoms with van der Waals surface area (Å²) in [6.45, 7) is 2.97. The summed E-state index contributed by atoms with van der Waals surface area (Å²) in [5.41, 5.74) is 2.45. The molecule has 32 heavy (non-hydrogen) atoms. The van der Waals surface area contributed by atoms with E-state index in [0.29, 0.717) is 6.54 Å². The van der Waals surface area contributed by atoms with Crippen molar-refractivity contribution in [1.29, 1.82) is 0 Å². The minimum Gasteiger partial charge on any atom is -0.454 e. The molecule has 7 nitrogen and oxygen atoms in total. The van der Waals surface area contributed by atoms with Gasteiger partial charge in [0, 0.05) is 18.5 Å². The molecule has 9 heteroatoms. The SMILES string of the molecule is CC[C@H]1CCc2sc(-c3nnc(SCC(=O)NCc4ccc5c(c4)OCO5)n3C)cc2C1. The number of ether oxygens (including phenoxy) is 2. The average Bonchev–Trinajstić information content (AvgIpc) is 3.53. The number of carbonyl (C=O) groups excluding carboxylic acids is 1. The predicted octanol–water partition coefficient (Wildman–Crippen LogP) is 4.20. The molecular weight excluding hydrogens is 444 g/mol. The van der Waals surface area contributed by atoms with Crippen LogP contribution < -0.4 is 14.8 Å². The second kappa shape index (κ2) is 9.15. The van der Waals surface area contributed by atoms with E-state index in [0.717, 1.165) is 34.0 Å². The highest BCUT2D eigenvalue weighted by atomic mass is 32.2. The Bertz CT molecular complexity index is 1140. The van der Waals surface area contributed by atoms with Crippen molar-refractivity contribution in [2.45, 2.75) is 44.3 Å². The van der Waals surface area contributed by atoms with Gasteiger partial charge in [-0.1, -0.05) is 31.2 Å². The Morgan fingerprint density at radius 2 is 2.16 bits per heavy atom. The van der Waals surface area contributed by atoms with Gasteiger partial charge in [0.25, 0.3) is 0 Å². The largest absolute Gasteiger partial charge is 0.454 e. The highest BCUT2D eigenvalue weighted by molar-refractivity contribution is 7.99. The van der Waals surface area contributed by atoms with Crippen LogP contribution in [0.1, 0.15) is 35.8 Å². The molecule has 2 aromatic heterocycles. The highest BCUT2D eigenvalue weighted by Gasteiger charge is 2.22. The van der Waals surface area contributed by atoms with Gasteiger partial charge in [0.2, 0.25) is 12.7 Å². The van der Waals surface area contributed by atoms with Crippen molar-refractivity contribution >= 4 is 29.0 Å². The molecule has 5 rings (SSSR count). The van der Waals surface area contributed by atoms with Gasteiger partial charge in [-0.25, -0.2) is 0 Å². The van der Waals surface area contributed by atoms with E-state index in [9.17, 15) is 4.79 Å². The molecule has 0 fully saturated rings. The summed E-state index contributed by atoms with van der Waals surface area (Å²) < 4.78 is 12.7. The summed E-state index contributed by atoms with van der Waals surface area (Å²) in [6.07, 6.45) is 4.86. The molecule has 2 aliphatic rings. The van der Waals surface area contributed by atoms with Gasteiger partial charge in [0.15, 0.2) is 22.5 Å². The van der Waals surface area contributed by atoms with Crippen LogP contribution in [-0.2, 0) is 31.2 Å². The number of aryl methyl sites for hydroxylation is 1. The molecule has 1 aromatic carbocycles. The van der Waals surface area contributed by atoms with Gasteiger partial charge in [-0.3, -0.25) is 4.79 Å². The van der Waals surface area contributed by atoms with Crippen LogP contribution in [0.2, 0.25) is 0 Å². The summed E-state index contributed by atoms with van der Waals surface area (Å²) in [7, 11) is 1.97. The number of hydrogen-bond donors (Lipinski definition) is 1. The van der Waals surface area contributed by atoms with Crippen LogP contribution >= 0.6 is 23.1 Å². The summed E-state index contributed by atoms with van der Waals surface area (Å²) in [6, 6.07) is 7.98. The third kappa shape index (κ3) is 4.36. The number of hydrogen-bond acceptors (Lipinski definition) is 7. The predicted molar refractivity (Wildman–Crippen MR) is 125 cm³/mol. The third-order valence-corrected chi connectivity index (χ3v) is 8.33. The zero-order valence-electron chi connectivity index (χ0n) is 18.2. The fourth-order valence-corrected chi connectivity index (χ4v) is 6.12. The molecule has 3 heterocycles. The lowest BCUT2D eigenvalue weighted by Crippen LogP contribution is -2.24. The molecule has 3 aromatic rings. The molecule has 0 spiro atoms.